The summed E-state index contributed by atoms with van der Waals surface area (Å²) < 4.78 is 67.8. The Kier molecular flexibility index (Phi) is 58.0. The first-order chi connectivity index (χ1) is 41.4. The van der Waals surface area contributed by atoms with Gasteiger partial charge in [-0.3, -0.25) is 37.3 Å². The number of esters is 4. The fraction of sp³-hybridized carbons (Fsp3) is 0.940. The lowest BCUT2D eigenvalue weighted by Crippen LogP contribution is -2.30. The predicted molar refractivity (Wildman–Crippen MR) is 345 cm³/mol. The van der Waals surface area contributed by atoms with E-state index in [4.69, 9.17) is 37.0 Å². The SMILES string of the molecule is CCCCCCCCCCCCCCCCCCCCCCCC(=O)O[C@H](COC(=O)CCCCCCCCCCC(C)C)COP(=O)(O)OC[C@@H](O)COP(=O)(O)OC[C@@H](COC(=O)CCCCCCC)OC(=O)CCCCCCCCC(C)C. The van der Waals surface area contributed by atoms with Crippen LogP contribution in [0.5, 0.6) is 0 Å². The van der Waals surface area contributed by atoms with E-state index in [9.17, 15) is 43.2 Å². The van der Waals surface area contributed by atoms with E-state index in [1.165, 1.54) is 148 Å². The average Bonchev–Trinajstić information content (AvgIpc) is 3.68. The van der Waals surface area contributed by atoms with Gasteiger partial charge in [-0.15, -0.1) is 0 Å². The highest BCUT2D eigenvalue weighted by molar-refractivity contribution is 7.47. The highest BCUT2D eigenvalue weighted by Gasteiger charge is 2.30. The number of phosphoric ester groups is 2. The largest absolute Gasteiger partial charge is 0.472 e. The van der Waals surface area contributed by atoms with Crippen LogP contribution in [0.4, 0.5) is 0 Å². The summed E-state index contributed by atoms with van der Waals surface area (Å²) in [5, 5.41) is 10.5. The van der Waals surface area contributed by atoms with Crippen LogP contribution in [0.3, 0.4) is 0 Å². The molecular formula is C67H130O17P2. The van der Waals surface area contributed by atoms with Gasteiger partial charge < -0.3 is 33.8 Å². The van der Waals surface area contributed by atoms with Crippen molar-refractivity contribution in [3.05, 3.63) is 0 Å². The van der Waals surface area contributed by atoms with E-state index in [2.05, 4.69) is 41.5 Å². The smallest absolute Gasteiger partial charge is 0.462 e. The molecule has 17 nitrogen and oxygen atoms in total. The number of hydrogen-bond donors (Lipinski definition) is 3. The van der Waals surface area contributed by atoms with Crippen molar-refractivity contribution in [1.82, 2.24) is 0 Å². The van der Waals surface area contributed by atoms with Crippen LogP contribution in [0.1, 0.15) is 337 Å². The Labute approximate surface area is 524 Å². The summed E-state index contributed by atoms with van der Waals surface area (Å²) in [6.45, 7) is 9.29. The molecule has 0 radical (unpaired) electrons. The van der Waals surface area contributed by atoms with Crippen molar-refractivity contribution in [2.24, 2.45) is 11.8 Å². The molecule has 0 rings (SSSR count). The number of rotatable bonds is 66. The zero-order valence-corrected chi connectivity index (χ0v) is 57.4. The van der Waals surface area contributed by atoms with Gasteiger partial charge in [0.2, 0.25) is 0 Å². The molecule has 0 aliphatic rings. The minimum absolute atomic E-state index is 0.101. The summed E-state index contributed by atoms with van der Waals surface area (Å²) in [6.07, 6.45) is 43.9. The maximum absolute atomic E-state index is 13.0. The van der Waals surface area contributed by atoms with E-state index in [1.807, 2.05) is 0 Å². The molecule has 2 unspecified atom stereocenters. The zero-order chi connectivity index (χ0) is 63.6. The number of aliphatic hydroxyl groups is 1. The van der Waals surface area contributed by atoms with Gasteiger partial charge in [0.05, 0.1) is 26.4 Å². The Hall–Kier alpha value is -1.94. The van der Waals surface area contributed by atoms with Crippen molar-refractivity contribution >= 4 is 39.5 Å². The molecular weight excluding hydrogens is 1140 g/mol. The molecule has 0 heterocycles. The topological polar surface area (TPSA) is 237 Å². The summed E-state index contributed by atoms with van der Waals surface area (Å²) in [5.74, 6) is -0.751. The van der Waals surface area contributed by atoms with Crippen LogP contribution in [0.25, 0.3) is 0 Å². The van der Waals surface area contributed by atoms with Crippen molar-refractivity contribution in [2.75, 3.05) is 39.6 Å². The van der Waals surface area contributed by atoms with Gasteiger partial charge in [-0.2, -0.15) is 0 Å². The normalized spacial score (nSPS) is 14.2. The molecule has 0 fully saturated rings. The van der Waals surface area contributed by atoms with Crippen molar-refractivity contribution in [3.8, 4) is 0 Å². The third kappa shape index (κ3) is 60.9. The average molecular weight is 1270 g/mol. The molecule has 0 spiro atoms. The van der Waals surface area contributed by atoms with Gasteiger partial charge in [0, 0.05) is 25.7 Å². The van der Waals surface area contributed by atoms with Crippen molar-refractivity contribution in [3.63, 3.8) is 0 Å². The Balaban J connectivity index is 5.08. The van der Waals surface area contributed by atoms with Crippen LogP contribution >= 0.6 is 15.6 Å². The molecule has 0 aromatic carbocycles. The third-order valence-electron chi connectivity index (χ3n) is 15.5. The number of aliphatic hydroxyl groups excluding tert-OH is 1. The molecule has 0 amide bonds. The summed E-state index contributed by atoms with van der Waals surface area (Å²) in [7, 11) is -9.88. The number of unbranched alkanes of at least 4 members (excludes halogenated alkanes) is 36. The third-order valence-corrected chi connectivity index (χ3v) is 17.4. The summed E-state index contributed by atoms with van der Waals surface area (Å²) in [6, 6.07) is 0. The molecule has 3 N–H and O–H groups in total. The molecule has 0 saturated carbocycles. The minimum atomic E-state index is -4.95. The van der Waals surface area contributed by atoms with Crippen LogP contribution in [-0.2, 0) is 65.4 Å². The fourth-order valence-electron chi connectivity index (χ4n) is 10.1. The molecule has 0 aliphatic carbocycles. The first-order valence-corrected chi connectivity index (χ1v) is 38.0. The van der Waals surface area contributed by atoms with Crippen LogP contribution in [0, 0.1) is 11.8 Å². The van der Waals surface area contributed by atoms with Gasteiger partial charge in [-0.1, -0.05) is 286 Å². The minimum Gasteiger partial charge on any atom is -0.462 e. The van der Waals surface area contributed by atoms with Crippen LogP contribution in [-0.4, -0.2) is 96.7 Å². The van der Waals surface area contributed by atoms with Gasteiger partial charge in [-0.05, 0) is 37.5 Å². The molecule has 19 heteroatoms. The van der Waals surface area contributed by atoms with Crippen molar-refractivity contribution < 1.29 is 80.2 Å². The number of carbonyl (C=O) groups excluding carboxylic acids is 4. The van der Waals surface area contributed by atoms with Gasteiger partial charge in [0.25, 0.3) is 0 Å². The maximum atomic E-state index is 13.0. The number of phosphoric acid groups is 2. The Morgan fingerprint density at radius 3 is 0.791 bits per heavy atom. The van der Waals surface area contributed by atoms with Crippen LogP contribution in [0.15, 0.2) is 0 Å². The molecule has 0 saturated heterocycles. The first kappa shape index (κ1) is 84.1. The lowest BCUT2D eigenvalue weighted by molar-refractivity contribution is -0.161. The lowest BCUT2D eigenvalue weighted by atomic mass is 10.0. The lowest BCUT2D eigenvalue weighted by Gasteiger charge is -2.21. The maximum Gasteiger partial charge on any atom is 0.472 e. The Morgan fingerprint density at radius 1 is 0.314 bits per heavy atom. The molecule has 510 valence electrons. The molecule has 0 aromatic rings. The molecule has 0 aliphatic heterocycles. The predicted octanol–water partition coefficient (Wildman–Crippen LogP) is 18.8. The molecule has 86 heavy (non-hydrogen) atoms. The second kappa shape index (κ2) is 59.4. The summed E-state index contributed by atoms with van der Waals surface area (Å²) in [5.41, 5.74) is 0. The van der Waals surface area contributed by atoms with Gasteiger partial charge in [0.1, 0.15) is 19.3 Å². The highest BCUT2D eigenvalue weighted by atomic mass is 31.2. The first-order valence-electron chi connectivity index (χ1n) is 35.0. The number of ether oxygens (including phenoxy) is 4. The van der Waals surface area contributed by atoms with Crippen molar-refractivity contribution in [2.45, 2.75) is 355 Å². The van der Waals surface area contributed by atoms with Crippen LogP contribution < -0.4 is 0 Å². The van der Waals surface area contributed by atoms with E-state index in [1.54, 1.807) is 0 Å². The molecule has 0 aromatic heterocycles. The van der Waals surface area contributed by atoms with E-state index < -0.39 is 97.5 Å². The van der Waals surface area contributed by atoms with E-state index in [0.717, 1.165) is 102 Å². The van der Waals surface area contributed by atoms with Gasteiger partial charge in [-0.25, -0.2) is 9.13 Å². The fourth-order valence-corrected chi connectivity index (χ4v) is 11.6. The van der Waals surface area contributed by atoms with E-state index >= 15 is 0 Å². The number of hydrogen-bond acceptors (Lipinski definition) is 15. The second-order valence-corrected chi connectivity index (χ2v) is 28.1. The second-order valence-electron chi connectivity index (χ2n) is 25.2. The van der Waals surface area contributed by atoms with Crippen LogP contribution in [0.2, 0.25) is 0 Å². The number of carbonyl (C=O) groups is 4. The van der Waals surface area contributed by atoms with Gasteiger partial charge >= 0.3 is 39.5 Å². The highest BCUT2D eigenvalue weighted by Crippen LogP contribution is 2.45. The standard InChI is InChI=1S/C67H130O17P2/c1-7-9-11-13-14-15-16-17-18-19-20-21-22-23-24-25-26-27-32-39-45-51-66(71)83-63(56-78-65(70)50-44-38-31-29-28-30-36-41-47-59(3)4)58-82-86(75,76)80-54-61(68)53-79-85(73,74)81-57-62(55-77-64(69)49-43-35-12-10-8-2)84-67(72)52-46-40-34-33-37-42-48-60(5)6/h59-63,68H,7-58H2,1-6H3,(H,73,74)(H,75,76)/t61-,62+,63+/m0/s1. The van der Waals surface area contributed by atoms with E-state index in [0.29, 0.717) is 31.6 Å². The summed E-state index contributed by atoms with van der Waals surface area (Å²) >= 11 is 0. The monoisotopic (exact) mass is 1270 g/mol. The Bertz CT molecular complexity index is 1680. The van der Waals surface area contributed by atoms with Crippen molar-refractivity contribution in [1.29, 1.82) is 0 Å². The van der Waals surface area contributed by atoms with E-state index in [-0.39, 0.29) is 25.7 Å². The molecule has 5 atom stereocenters. The quantitative estimate of drug-likeness (QED) is 0.0222. The van der Waals surface area contributed by atoms with Gasteiger partial charge in [0.15, 0.2) is 12.2 Å². The zero-order valence-electron chi connectivity index (χ0n) is 55.6. The Morgan fingerprint density at radius 2 is 0.535 bits per heavy atom. The summed E-state index contributed by atoms with van der Waals surface area (Å²) in [4.78, 5) is 72.0. The molecule has 0 bridgehead atoms.